The number of hydrogen-bond donors (Lipinski definition) is 2. The third kappa shape index (κ3) is 2.62. The number of amidine groups is 1. The van der Waals surface area contributed by atoms with Crippen LogP contribution in [-0.2, 0) is 9.59 Å². The van der Waals surface area contributed by atoms with E-state index in [2.05, 4.69) is 10.3 Å². The minimum Gasteiger partial charge on any atom is -0.330 e. The van der Waals surface area contributed by atoms with Crippen molar-refractivity contribution < 1.29 is 9.59 Å². The van der Waals surface area contributed by atoms with Crippen LogP contribution in [0.25, 0.3) is 0 Å². The van der Waals surface area contributed by atoms with Crippen LogP contribution in [0.2, 0.25) is 0 Å². The van der Waals surface area contributed by atoms with E-state index < -0.39 is 11.8 Å². The monoisotopic (exact) mass is 245 g/mol. The highest BCUT2D eigenvalue weighted by molar-refractivity contribution is 6.18. The van der Waals surface area contributed by atoms with Gasteiger partial charge in [-0.25, -0.2) is 0 Å². The normalized spacial score (nSPS) is 19.4. The molecule has 2 amide bonds. The second-order valence-corrected chi connectivity index (χ2v) is 4.12. The molecule has 1 atom stereocenters. The van der Waals surface area contributed by atoms with Crippen molar-refractivity contribution in [1.29, 1.82) is 0 Å². The van der Waals surface area contributed by atoms with Crippen molar-refractivity contribution in [2.45, 2.75) is 18.8 Å². The van der Waals surface area contributed by atoms with Crippen LogP contribution < -0.4 is 11.1 Å². The number of nitrogens with one attached hydrogen (secondary N) is 1. The van der Waals surface area contributed by atoms with Gasteiger partial charge in [-0.05, 0) is 18.5 Å². The van der Waals surface area contributed by atoms with E-state index in [-0.39, 0.29) is 5.91 Å². The average Bonchev–Trinajstić information content (AvgIpc) is 2.37. The zero-order valence-corrected chi connectivity index (χ0v) is 9.93. The van der Waals surface area contributed by atoms with Gasteiger partial charge in [0.25, 0.3) is 5.91 Å². The minimum atomic E-state index is -0.826. The number of nitrogens with two attached hydrogens (primary N) is 1. The fourth-order valence-electron chi connectivity index (χ4n) is 1.88. The number of nitrogens with zero attached hydrogens (tertiary/aromatic N) is 1. The first-order valence-electron chi connectivity index (χ1n) is 5.89. The number of hydrogen-bond acceptors (Lipinski definition) is 3. The fraction of sp³-hybridized carbons (Fsp3) is 0.308. The highest BCUT2D eigenvalue weighted by Gasteiger charge is 2.32. The standard InChI is InChI=1S/C13H15N3O2/c14-8-4-7-10-15-12(17)11(13(18)16-10)9-5-2-1-3-6-9/h1-3,5-6,11H,4,7-8,14H2,(H,15,16,17,18). The van der Waals surface area contributed by atoms with Crippen LogP contribution >= 0.6 is 0 Å². The Kier molecular flexibility index (Phi) is 3.84. The van der Waals surface area contributed by atoms with Gasteiger partial charge in [0.1, 0.15) is 11.8 Å². The van der Waals surface area contributed by atoms with E-state index in [0.717, 1.165) is 0 Å². The van der Waals surface area contributed by atoms with Crippen molar-refractivity contribution in [2.75, 3.05) is 6.54 Å². The van der Waals surface area contributed by atoms with Crippen molar-refractivity contribution >= 4 is 17.6 Å². The number of rotatable bonds is 4. The van der Waals surface area contributed by atoms with E-state index in [1.165, 1.54) is 0 Å². The highest BCUT2D eigenvalue weighted by Crippen LogP contribution is 2.20. The van der Waals surface area contributed by atoms with Crippen LogP contribution in [-0.4, -0.2) is 24.2 Å². The van der Waals surface area contributed by atoms with Crippen LogP contribution in [0, 0.1) is 0 Å². The quantitative estimate of drug-likeness (QED) is 0.760. The third-order valence-electron chi connectivity index (χ3n) is 2.77. The highest BCUT2D eigenvalue weighted by atomic mass is 16.2. The molecule has 0 saturated heterocycles. The summed E-state index contributed by atoms with van der Waals surface area (Å²) in [5.74, 6) is -1.12. The van der Waals surface area contributed by atoms with Gasteiger partial charge in [0, 0.05) is 6.42 Å². The van der Waals surface area contributed by atoms with Gasteiger partial charge < -0.3 is 11.1 Å². The van der Waals surface area contributed by atoms with Crippen molar-refractivity contribution in [3.8, 4) is 0 Å². The van der Waals surface area contributed by atoms with Crippen LogP contribution in [0.5, 0.6) is 0 Å². The van der Waals surface area contributed by atoms with Crippen molar-refractivity contribution in [3.05, 3.63) is 35.9 Å². The summed E-state index contributed by atoms with van der Waals surface area (Å²) in [6.07, 6.45) is 1.22. The lowest BCUT2D eigenvalue weighted by atomic mass is 9.96. The average molecular weight is 245 g/mol. The lowest BCUT2D eigenvalue weighted by Crippen LogP contribution is -2.42. The molecule has 0 bridgehead atoms. The summed E-state index contributed by atoms with van der Waals surface area (Å²) >= 11 is 0. The maximum Gasteiger partial charge on any atom is 0.264 e. The predicted octanol–water partition coefficient (Wildman–Crippen LogP) is 0.564. The zero-order valence-electron chi connectivity index (χ0n) is 9.93. The van der Waals surface area contributed by atoms with Gasteiger partial charge in [0.05, 0.1) is 0 Å². The third-order valence-corrected chi connectivity index (χ3v) is 2.77. The summed E-state index contributed by atoms with van der Waals surface area (Å²) in [6, 6.07) is 8.93. The van der Waals surface area contributed by atoms with E-state index in [1.807, 2.05) is 6.07 Å². The Bertz CT molecular complexity index is 482. The SMILES string of the molecule is NCCCC1=NC(=O)C(c2ccccc2)C(=O)N1. The van der Waals surface area contributed by atoms with Gasteiger partial charge in [-0.15, -0.1) is 0 Å². The van der Waals surface area contributed by atoms with Crippen LogP contribution in [0.4, 0.5) is 0 Å². The lowest BCUT2D eigenvalue weighted by Gasteiger charge is -2.20. The first kappa shape index (κ1) is 12.4. The van der Waals surface area contributed by atoms with Gasteiger partial charge in [-0.2, -0.15) is 4.99 Å². The minimum absolute atomic E-state index is 0.312. The molecule has 0 saturated carbocycles. The molecule has 0 aliphatic carbocycles. The van der Waals surface area contributed by atoms with Crippen molar-refractivity contribution in [1.82, 2.24) is 5.32 Å². The van der Waals surface area contributed by atoms with Gasteiger partial charge in [-0.1, -0.05) is 30.3 Å². The Morgan fingerprint density at radius 3 is 2.56 bits per heavy atom. The van der Waals surface area contributed by atoms with Crippen LogP contribution in [0.1, 0.15) is 24.3 Å². The molecule has 0 fully saturated rings. The molecule has 1 aromatic carbocycles. The topological polar surface area (TPSA) is 84.5 Å². The molecule has 1 aliphatic rings. The summed E-state index contributed by atoms with van der Waals surface area (Å²) in [6.45, 7) is 0.505. The second-order valence-electron chi connectivity index (χ2n) is 4.12. The lowest BCUT2D eigenvalue weighted by molar-refractivity contribution is -0.129. The Labute approximate surface area is 105 Å². The molecular formula is C13H15N3O2. The first-order valence-corrected chi connectivity index (χ1v) is 5.89. The molecule has 0 aromatic heterocycles. The van der Waals surface area contributed by atoms with Crippen LogP contribution in [0.15, 0.2) is 35.3 Å². The molecule has 94 valence electrons. The first-order chi connectivity index (χ1) is 8.72. The molecule has 1 aliphatic heterocycles. The molecule has 1 unspecified atom stereocenters. The van der Waals surface area contributed by atoms with E-state index in [4.69, 9.17) is 5.73 Å². The number of benzene rings is 1. The number of amides is 2. The van der Waals surface area contributed by atoms with Gasteiger partial charge >= 0.3 is 0 Å². The molecular weight excluding hydrogens is 230 g/mol. The fourth-order valence-corrected chi connectivity index (χ4v) is 1.88. The van der Waals surface area contributed by atoms with Gasteiger partial charge in [-0.3, -0.25) is 9.59 Å². The molecule has 0 radical (unpaired) electrons. The summed E-state index contributed by atoms with van der Waals surface area (Å²) in [4.78, 5) is 27.8. The van der Waals surface area contributed by atoms with E-state index >= 15 is 0 Å². The number of carbonyl (C=O) groups excluding carboxylic acids is 2. The molecule has 5 heteroatoms. The largest absolute Gasteiger partial charge is 0.330 e. The number of aliphatic imine (C=N–C) groups is 1. The molecule has 3 N–H and O–H groups in total. The van der Waals surface area contributed by atoms with E-state index in [9.17, 15) is 9.59 Å². The molecule has 5 nitrogen and oxygen atoms in total. The van der Waals surface area contributed by atoms with Crippen molar-refractivity contribution in [2.24, 2.45) is 10.7 Å². The Hall–Kier alpha value is -2.01. The maximum absolute atomic E-state index is 11.9. The van der Waals surface area contributed by atoms with Crippen molar-refractivity contribution in [3.63, 3.8) is 0 Å². The Balaban J connectivity index is 2.19. The summed E-state index contributed by atoms with van der Waals surface area (Å²) in [5, 5.41) is 2.66. The predicted molar refractivity (Wildman–Crippen MR) is 68.1 cm³/mol. The zero-order chi connectivity index (χ0) is 13.0. The van der Waals surface area contributed by atoms with Crippen LogP contribution in [0.3, 0.4) is 0 Å². The molecule has 0 spiro atoms. The molecule has 18 heavy (non-hydrogen) atoms. The molecule has 2 rings (SSSR count). The van der Waals surface area contributed by atoms with E-state index in [0.29, 0.717) is 30.8 Å². The summed E-state index contributed by atoms with van der Waals surface area (Å²) in [5.41, 5.74) is 6.05. The summed E-state index contributed by atoms with van der Waals surface area (Å²) < 4.78 is 0. The van der Waals surface area contributed by atoms with Gasteiger partial charge in [0.15, 0.2) is 0 Å². The molecule has 1 aromatic rings. The maximum atomic E-state index is 11.9. The van der Waals surface area contributed by atoms with E-state index in [1.54, 1.807) is 24.3 Å². The summed E-state index contributed by atoms with van der Waals surface area (Å²) in [7, 11) is 0. The Morgan fingerprint density at radius 1 is 1.22 bits per heavy atom. The smallest absolute Gasteiger partial charge is 0.264 e. The number of carbonyl (C=O) groups is 2. The second kappa shape index (κ2) is 5.55. The Morgan fingerprint density at radius 2 is 1.94 bits per heavy atom. The molecule has 1 heterocycles. The van der Waals surface area contributed by atoms with Gasteiger partial charge in [0.2, 0.25) is 5.91 Å².